The summed E-state index contributed by atoms with van der Waals surface area (Å²) in [5.41, 5.74) is 2.42. The molecule has 0 aliphatic carbocycles. The maximum Gasteiger partial charge on any atom is 0.319 e. The number of carbonyl (C=O) groups is 2. The lowest BCUT2D eigenvalue weighted by Gasteiger charge is -2.14. The summed E-state index contributed by atoms with van der Waals surface area (Å²) >= 11 is 1.45. The van der Waals surface area contributed by atoms with Gasteiger partial charge in [-0.3, -0.25) is 9.59 Å². The van der Waals surface area contributed by atoms with Crippen molar-refractivity contribution in [1.82, 2.24) is 0 Å². The molecule has 132 valence electrons. The summed E-state index contributed by atoms with van der Waals surface area (Å²) in [5.74, 6) is 0.246. The number of carbonyl (C=O) groups excluding carboxylic acids is 2. The standard InChI is InChI=1S/C20H22O4S/c1-13-5-8-18(9-6-13)25-15(3)20(22)24-12-17-11-16(14(2)21)7-10-19(17)23-4/h5-11,15H,12H2,1-4H3/t15-/m1/s1. The van der Waals surface area contributed by atoms with Gasteiger partial charge in [0.2, 0.25) is 0 Å². The molecule has 0 amide bonds. The predicted molar refractivity (Wildman–Crippen MR) is 99.3 cm³/mol. The molecule has 2 rings (SSSR count). The third kappa shape index (κ3) is 5.36. The van der Waals surface area contributed by atoms with Crippen LogP contribution in [0.25, 0.3) is 0 Å². The van der Waals surface area contributed by atoms with Crippen LogP contribution in [0, 0.1) is 6.92 Å². The number of aryl methyl sites for hydroxylation is 1. The van der Waals surface area contributed by atoms with E-state index in [2.05, 4.69) is 0 Å². The molecule has 0 aromatic heterocycles. The SMILES string of the molecule is COc1ccc(C(C)=O)cc1COC(=O)[C@@H](C)Sc1ccc(C)cc1. The molecule has 0 aliphatic rings. The van der Waals surface area contributed by atoms with E-state index in [0.29, 0.717) is 16.9 Å². The van der Waals surface area contributed by atoms with Gasteiger partial charge in [0.15, 0.2) is 5.78 Å². The van der Waals surface area contributed by atoms with E-state index < -0.39 is 0 Å². The first kappa shape index (κ1) is 19.1. The Morgan fingerprint density at radius 2 is 1.80 bits per heavy atom. The molecule has 0 bridgehead atoms. The number of methoxy groups -OCH3 is 1. The summed E-state index contributed by atoms with van der Waals surface area (Å²) < 4.78 is 10.7. The predicted octanol–water partition coefficient (Wildman–Crippen LogP) is 4.43. The molecule has 0 saturated heterocycles. The molecule has 0 spiro atoms. The normalized spacial score (nSPS) is 11.7. The summed E-state index contributed by atoms with van der Waals surface area (Å²) in [6.45, 7) is 5.41. The van der Waals surface area contributed by atoms with Crippen molar-refractivity contribution >= 4 is 23.5 Å². The Labute approximate surface area is 152 Å². The number of Topliss-reactive ketones (excluding diaryl/α,β-unsaturated/α-hetero) is 1. The van der Waals surface area contributed by atoms with Crippen molar-refractivity contribution in [3.63, 3.8) is 0 Å². The zero-order valence-electron chi connectivity index (χ0n) is 14.9. The Kier molecular flexibility index (Phi) is 6.65. The van der Waals surface area contributed by atoms with E-state index >= 15 is 0 Å². The molecular formula is C20H22O4S. The number of esters is 1. The Bertz CT molecular complexity index is 753. The van der Waals surface area contributed by atoms with Crippen LogP contribution in [0.2, 0.25) is 0 Å². The van der Waals surface area contributed by atoms with Crippen LogP contribution in [-0.2, 0) is 16.1 Å². The maximum absolute atomic E-state index is 12.3. The first-order valence-electron chi connectivity index (χ1n) is 7.98. The van der Waals surface area contributed by atoms with Gasteiger partial charge in [0.05, 0.1) is 7.11 Å². The highest BCUT2D eigenvalue weighted by Gasteiger charge is 2.17. The molecular weight excluding hydrogens is 336 g/mol. The van der Waals surface area contributed by atoms with Crippen LogP contribution in [0.1, 0.15) is 35.3 Å². The Hall–Kier alpha value is -2.27. The fourth-order valence-electron chi connectivity index (χ4n) is 2.25. The van der Waals surface area contributed by atoms with Crippen LogP contribution >= 0.6 is 11.8 Å². The minimum atomic E-state index is -0.329. The third-order valence-corrected chi connectivity index (χ3v) is 4.81. The van der Waals surface area contributed by atoms with E-state index in [4.69, 9.17) is 9.47 Å². The van der Waals surface area contributed by atoms with Crippen molar-refractivity contribution in [2.45, 2.75) is 37.5 Å². The molecule has 5 heteroatoms. The number of benzene rings is 2. The van der Waals surface area contributed by atoms with Gasteiger partial charge in [-0.25, -0.2) is 0 Å². The summed E-state index contributed by atoms with van der Waals surface area (Å²) in [7, 11) is 1.55. The second-order valence-corrected chi connectivity index (χ2v) is 7.18. The number of hydrogen-bond acceptors (Lipinski definition) is 5. The quantitative estimate of drug-likeness (QED) is 0.416. The van der Waals surface area contributed by atoms with Crippen molar-refractivity contribution < 1.29 is 19.1 Å². The topological polar surface area (TPSA) is 52.6 Å². The summed E-state index contributed by atoms with van der Waals surface area (Å²) in [4.78, 5) is 24.8. The number of rotatable bonds is 7. The monoisotopic (exact) mass is 358 g/mol. The van der Waals surface area contributed by atoms with Crippen molar-refractivity contribution in [3.05, 3.63) is 59.2 Å². The van der Waals surface area contributed by atoms with E-state index in [9.17, 15) is 9.59 Å². The van der Waals surface area contributed by atoms with E-state index in [0.717, 1.165) is 4.90 Å². The van der Waals surface area contributed by atoms with Gasteiger partial charge in [-0.15, -0.1) is 11.8 Å². The molecule has 0 heterocycles. The zero-order valence-corrected chi connectivity index (χ0v) is 15.7. The lowest BCUT2D eigenvalue weighted by molar-refractivity contribution is -0.143. The Balaban J connectivity index is 2.00. The van der Waals surface area contributed by atoms with Gasteiger partial charge in [0.25, 0.3) is 0 Å². The van der Waals surface area contributed by atoms with Gasteiger partial charge in [-0.1, -0.05) is 17.7 Å². The van der Waals surface area contributed by atoms with Crippen molar-refractivity contribution in [2.24, 2.45) is 0 Å². The van der Waals surface area contributed by atoms with E-state index in [1.807, 2.05) is 38.1 Å². The first-order chi connectivity index (χ1) is 11.9. The summed E-state index contributed by atoms with van der Waals surface area (Å²) in [6.07, 6.45) is 0. The minimum absolute atomic E-state index is 0.0430. The molecule has 0 saturated carbocycles. The molecule has 0 radical (unpaired) electrons. The van der Waals surface area contributed by atoms with E-state index in [-0.39, 0.29) is 23.6 Å². The third-order valence-electron chi connectivity index (χ3n) is 3.72. The fourth-order valence-corrected chi connectivity index (χ4v) is 3.11. The molecule has 4 nitrogen and oxygen atoms in total. The van der Waals surface area contributed by atoms with Gasteiger partial charge in [0, 0.05) is 16.0 Å². The first-order valence-corrected chi connectivity index (χ1v) is 8.86. The number of ketones is 1. The highest BCUT2D eigenvalue weighted by atomic mass is 32.2. The smallest absolute Gasteiger partial charge is 0.319 e. The number of thioether (sulfide) groups is 1. The van der Waals surface area contributed by atoms with Crippen LogP contribution in [0.5, 0.6) is 5.75 Å². The second-order valence-electron chi connectivity index (χ2n) is 5.76. The molecule has 0 aliphatic heterocycles. The van der Waals surface area contributed by atoms with Crippen molar-refractivity contribution in [2.75, 3.05) is 7.11 Å². The van der Waals surface area contributed by atoms with Crippen LogP contribution in [0.4, 0.5) is 0 Å². The van der Waals surface area contributed by atoms with Gasteiger partial charge < -0.3 is 9.47 Å². The molecule has 0 N–H and O–H groups in total. The highest BCUT2D eigenvalue weighted by Crippen LogP contribution is 2.26. The maximum atomic E-state index is 12.3. The minimum Gasteiger partial charge on any atom is -0.496 e. The second kappa shape index (κ2) is 8.72. The largest absolute Gasteiger partial charge is 0.496 e. The van der Waals surface area contributed by atoms with Crippen LogP contribution < -0.4 is 4.74 Å². The lowest BCUT2D eigenvalue weighted by atomic mass is 10.1. The van der Waals surface area contributed by atoms with Crippen molar-refractivity contribution in [1.29, 1.82) is 0 Å². The Morgan fingerprint density at radius 3 is 2.40 bits per heavy atom. The molecule has 2 aromatic rings. The lowest BCUT2D eigenvalue weighted by Crippen LogP contribution is -2.17. The van der Waals surface area contributed by atoms with Crippen LogP contribution in [0.15, 0.2) is 47.4 Å². The zero-order chi connectivity index (χ0) is 18.4. The molecule has 25 heavy (non-hydrogen) atoms. The van der Waals surface area contributed by atoms with Crippen molar-refractivity contribution in [3.8, 4) is 5.75 Å². The summed E-state index contributed by atoms with van der Waals surface area (Å²) in [5, 5.41) is -0.329. The summed E-state index contributed by atoms with van der Waals surface area (Å²) in [6, 6.07) is 13.1. The molecule has 1 atom stereocenters. The fraction of sp³-hybridized carbons (Fsp3) is 0.300. The Morgan fingerprint density at radius 1 is 1.12 bits per heavy atom. The highest BCUT2D eigenvalue weighted by molar-refractivity contribution is 8.00. The van der Waals surface area contributed by atoms with Gasteiger partial charge in [-0.05, 0) is 51.1 Å². The number of ether oxygens (including phenoxy) is 2. The molecule has 0 fully saturated rings. The van der Waals surface area contributed by atoms with Gasteiger partial charge in [0.1, 0.15) is 17.6 Å². The van der Waals surface area contributed by atoms with Crippen LogP contribution in [-0.4, -0.2) is 24.1 Å². The average Bonchev–Trinajstić information content (AvgIpc) is 2.61. The average molecular weight is 358 g/mol. The number of hydrogen-bond donors (Lipinski definition) is 0. The van der Waals surface area contributed by atoms with E-state index in [1.54, 1.807) is 25.3 Å². The molecule has 2 aromatic carbocycles. The van der Waals surface area contributed by atoms with Gasteiger partial charge in [-0.2, -0.15) is 0 Å². The van der Waals surface area contributed by atoms with Crippen LogP contribution in [0.3, 0.4) is 0 Å². The van der Waals surface area contributed by atoms with Gasteiger partial charge >= 0.3 is 5.97 Å². The molecule has 0 unspecified atom stereocenters. The van der Waals surface area contributed by atoms with E-state index in [1.165, 1.54) is 24.2 Å².